The lowest BCUT2D eigenvalue weighted by molar-refractivity contribution is -0.384. The summed E-state index contributed by atoms with van der Waals surface area (Å²) in [6.07, 6.45) is 4.40. The molecule has 1 aromatic heterocycles. The van der Waals surface area contributed by atoms with Gasteiger partial charge in [0.25, 0.3) is 0 Å². The molecule has 1 aliphatic rings. The van der Waals surface area contributed by atoms with Gasteiger partial charge in [-0.2, -0.15) is 0 Å². The van der Waals surface area contributed by atoms with Crippen molar-refractivity contribution in [3.05, 3.63) is 27.9 Å². The molecule has 0 amide bonds. The van der Waals surface area contributed by atoms with E-state index in [2.05, 4.69) is 9.72 Å². The maximum Gasteiger partial charge on any atom is 0.339 e. The van der Waals surface area contributed by atoms with Crippen LogP contribution in [0.15, 0.2) is 12.3 Å². The van der Waals surface area contributed by atoms with Gasteiger partial charge in [-0.1, -0.05) is 0 Å². The number of pyridine rings is 1. The zero-order chi connectivity index (χ0) is 16.1. The van der Waals surface area contributed by atoms with Gasteiger partial charge in [-0.15, -0.1) is 0 Å². The molecule has 1 aromatic rings. The average Bonchev–Trinajstić information content (AvgIpc) is 2.54. The van der Waals surface area contributed by atoms with Crippen LogP contribution in [0.5, 0.6) is 0 Å². The van der Waals surface area contributed by atoms with E-state index >= 15 is 0 Å². The Balaban J connectivity index is 2.21. The number of hydrogen-bond acceptors (Lipinski definition) is 7. The van der Waals surface area contributed by atoms with Crippen molar-refractivity contribution in [1.82, 2.24) is 4.98 Å². The van der Waals surface area contributed by atoms with E-state index in [0.29, 0.717) is 6.54 Å². The van der Waals surface area contributed by atoms with Gasteiger partial charge in [-0.25, -0.2) is 9.78 Å². The number of anilines is 1. The molecule has 120 valence electrons. The number of nitrogens with zero attached hydrogens (tertiary/aromatic N) is 3. The summed E-state index contributed by atoms with van der Waals surface area (Å²) in [6.45, 7) is 1.24. The quantitative estimate of drug-likeness (QED) is 0.465. The van der Waals surface area contributed by atoms with Crippen LogP contribution in [0.25, 0.3) is 0 Å². The Morgan fingerprint density at radius 2 is 2.36 bits per heavy atom. The molecule has 1 saturated heterocycles. The third kappa shape index (κ3) is 3.70. The molecule has 22 heavy (non-hydrogen) atoms. The number of nitro groups is 1. The SMILES string of the molecule is COC(=O)c1cnc(N(C)CC2CCCCO2)c([N+](=O)[O-])c1. The van der Waals surface area contributed by atoms with Gasteiger partial charge in [0, 0.05) is 32.5 Å². The second-order valence-corrected chi connectivity index (χ2v) is 5.18. The number of rotatable bonds is 5. The summed E-state index contributed by atoms with van der Waals surface area (Å²) in [5.41, 5.74) is -0.165. The van der Waals surface area contributed by atoms with Crippen LogP contribution in [0, 0.1) is 10.1 Å². The Morgan fingerprint density at radius 3 is 2.95 bits per heavy atom. The predicted octanol–water partition coefficient (Wildman–Crippen LogP) is 1.78. The van der Waals surface area contributed by atoms with Crippen molar-refractivity contribution in [2.75, 3.05) is 32.2 Å². The molecule has 0 aromatic carbocycles. The van der Waals surface area contributed by atoms with Gasteiger partial charge >= 0.3 is 11.7 Å². The van der Waals surface area contributed by atoms with E-state index in [0.717, 1.165) is 25.9 Å². The van der Waals surface area contributed by atoms with E-state index in [4.69, 9.17) is 4.74 Å². The van der Waals surface area contributed by atoms with E-state index in [1.54, 1.807) is 11.9 Å². The summed E-state index contributed by atoms with van der Waals surface area (Å²) in [7, 11) is 2.94. The van der Waals surface area contributed by atoms with Crippen LogP contribution in [0.1, 0.15) is 29.6 Å². The van der Waals surface area contributed by atoms with Crippen LogP contribution >= 0.6 is 0 Å². The third-order valence-corrected chi connectivity index (χ3v) is 3.58. The molecular weight excluding hydrogens is 290 g/mol. The molecule has 0 spiro atoms. The van der Waals surface area contributed by atoms with Crippen LogP contribution in [0.3, 0.4) is 0 Å². The van der Waals surface area contributed by atoms with E-state index in [1.165, 1.54) is 19.4 Å². The predicted molar refractivity (Wildman–Crippen MR) is 79.1 cm³/mol. The van der Waals surface area contributed by atoms with Gasteiger partial charge in [-0.3, -0.25) is 10.1 Å². The van der Waals surface area contributed by atoms with Gasteiger partial charge in [0.1, 0.15) is 0 Å². The van der Waals surface area contributed by atoms with Crippen molar-refractivity contribution in [3.63, 3.8) is 0 Å². The fourth-order valence-electron chi connectivity index (χ4n) is 2.45. The largest absolute Gasteiger partial charge is 0.465 e. The summed E-state index contributed by atoms with van der Waals surface area (Å²) in [5.74, 6) is -0.438. The van der Waals surface area contributed by atoms with Gasteiger partial charge < -0.3 is 14.4 Å². The number of methoxy groups -OCH3 is 1. The Bertz CT molecular complexity index is 557. The Kier molecular flexibility index (Phi) is 5.26. The van der Waals surface area contributed by atoms with Crippen LogP contribution in [-0.4, -0.2) is 49.3 Å². The number of likely N-dealkylation sites (N-methyl/N-ethyl adjacent to an activating group) is 1. The number of ether oxygens (including phenoxy) is 2. The second-order valence-electron chi connectivity index (χ2n) is 5.18. The minimum atomic E-state index is -0.652. The van der Waals surface area contributed by atoms with E-state index in [-0.39, 0.29) is 23.2 Å². The maximum atomic E-state index is 11.5. The zero-order valence-electron chi connectivity index (χ0n) is 12.7. The molecule has 1 aliphatic heterocycles. The smallest absolute Gasteiger partial charge is 0.339 e. The number of aromatic nitrogens is 1. The molecule has 0 aliphatic carbocycles. The van der Waals surface area contributed by atoms with Gasteiger partial charge in [-0.05, 0) is 19.3 Å². The Hall–Kier alpha value is -2.22. The molecule has 0 radical (unpaired) electrons. The van der Waals surface area contributed by atoms with Crippen molar-refractivity contribution in [2.24, 2.45) is 0 Å². The Morgan fingerprint density at radius 1 is 1.59 bits per heavy atom. The molecule has 0 saturated carbocycles. The first-order chi connectivity index (χ1) is 10.5. The molecule has 8 nitrogen and oxygen atoms in total. The molecule has 0 N–H and O–H groups in total. The van der Waals surface area contributed by atoms with E-state index in [9.17, 15) is 14.9 Å². The summed E-state index contributed by atoms with van der Waals surface area (Å²) < 4.78 is 10.2. The van der Waals surface area contributed by atoms with Crippen LogP contribution in [-0.2, 0) is 9.47 Å². The lowest BCUT2D eigenvalue weighted by Gasteiger charge is -2.27. The fraction of sp³-hybridized carbons (Fsp3) is 0.571. The highest BCUT2D eigenvalue weighted by molar-refractivity contribution is 5.90. The number of carbonyl (C=O) groups excluding carboxylic acids is 1. The van der Waals surface area contributed by atoms with Crippen LogP contribution in [0.4, 0.5) is 11.5 Å². The minimum Gasteiger partial charge on any atom is -0.465 e. The summed E-state index contributed by atoms with van der Waals surface area (Å²) in [6, 6.07) is 1.19. The Labute approximate surface area is 128 Å². The number of hydrogen-bond donors (Lipinski definition) is 0. The van der Waals surface area contributed by atoms with Crippen LogP contribution in [0.2, 0.25) is 0 Å². The standard InChI is InChI=1S/C14H19N3O5/c1-16(9-11-5-3-4-6-22-11)13-12(17(19)20)7-10(8-15-13)14(18)21-2/h7-8,11H,3-6,9H2,1-2H3. The highest BCUT2D eigenvalue weighted by Gasteiger charge is 2.24. The molecule has 2 heterocycles. The fourth-order valence-corrected chi connectivity index (χ4v) is 2.45. The average molecular weight is 309 g/mol. The van der Waals surface area contributed by atoms with E-state index < -0.39 is 10.9 Å². The second kappa shape index (κ2) is 7.17. The molecule has 0 bridgehead atoms. The minimum absolute atomic E-state index is 0.0421. The number of carbonyl (C=O) groups is 1. The monoisotopic (exact) mass is 309 g/mol. The summed E-state index contributed by atoms with van der Waals surface area (Å²) in [5, 5.41) is 11.2. The normalized spacial score (nSPS) is 17.8. The van der Waals surface area contributed by atoms with Crippen molar-refractivity contribution in [3.8, 4) is 0 Å². The molecule has 1 fully saturated rings. The lowest BCUT2D eigenvalue weighted by Crippen LogP contribution is -2.34. The van der Waals surface area contributed by atoms with Crippen molar-refractivity contribution in [1.29, 1.82) is 0 Å². The summed E-state index contributed by atoms with van der Waals surface area (Å²) in [4.78, 5) is 27.9. The van der Waals surface area contributed by atoms with Gasteiger partial charge in [0.2, 0.25) is 5.82 Å². The zero-order valence-corrected chi connectivity index (χ0v) is 12.7. The number of esters is 1. The highest BCUT2D eigenvalue weighted by atomic mass is 16.6. The molecule has 1 atom stereocenters. The first-order valence-corrected chi connectivity index (χ1v) is 7.08. The first kappa shape index (κ1) is 16.2. The highest BCUT2D eigenvalue weighted by Crippen LogP contribution is 2.27. The molecule has 2 rings (SSSR count). The first-order valence-electron chi connectivity index (χ1n) is 7.08. The molecule has 8 heteroatoms. The van der Waals surface area contributed by atoms with Crippen molar-refractivity contribution < 1.29 is 19.2 Å². The molecule has 1 unspecified atom stereocenters. The maximum absolute atomic E-state index is 11.5. The van der Waals surface area contributed by atoms with Gasteiger partial charge in [0.15, 0.2) is 0 Å². The third-order valence-electron chi connectivity index (χ3n) is 3.58. The lowest BCUT2D eigenvalue weighted by atomic mass is 10.1. The van der Waals surface area contributed by atoms with Crippen LogP contribution < -0.4 is 4.90 Å². The topological polar surface area (TPSA) is 94.8 Å². The van der Waals surface area contributed by atoms with Crippen molar-refractivity contribution in [2.45, 2.75) is 25.4 Å². The summed E-state index contributed by atoms with van der Waals surface area (Å²) >= 11 is 0. The molecular formula is C14H19N3O5. The van der Waals surface area contributed by atoms with E-state index in [1.807, 2.05) is 0 Å². The van der Waals surface area contributed by atoms with Gasteiger partial charge in [0.05, 0.1) is 23.7 Å². The van der Waals surface area contributed by atoms with Crippen molar-refractivity contribution >= 4 is 17.5 Å².